The molecule has 3 heterocycles. The van der Waals surface area contributed by atoms with Crippen LogP contribution in [0.4, 0.5) is 36.6 Å². The van der Waals surface area contributed by atoms with Crippen molar-refractivity contribution in [2.24, 2.45) is 0 Å². The average Bonchev–Trinajstić information content (AvgIpc) is 3.23. The number of amides is 2. The van der Waals surface area contributed by atoms with Crippen LogP contribution in [0.5, 0.6) is 5.75 Å². The number of sulfone groups is 1. The Bertz CT molecular complexity index is 1750. The van der Waals surface area contributed by atoms with Crippen LogP contribution in [0.25, 0.3) is 5.82 Å². The van der Waals surface area contributed by atoms with Gasteiger partial charge in [0.15, 0.2) is 33.6 Å². The molecule has 1 atom stereocenters. The van der Waals surface area contributed by atoms with Crippen LogP contribution >= 0.6 is 0 Å². The number of nitrogens with one attached hydrogen (secondary N) is 2. The lowest BCUT2D eigenvalue weighted by Crippen LogP contribution is -2.60. The Labute approximate surface area is 237 Å². The van der Waals surface area contributed by atoms with Crippen LogP contribution in [-0.2, 0) is 26.6 Å². The van der Waals surface area contributed by atoms with Gasteiger partial charge in [-0.05, 0) is 24.3 Å². The molecule has 0 aliphatic carbocycles. The van der Waals surface area contributed by atoms with Gasteiger partial charge < -0.3 is 15.4 Å². The van der Waals surface area contributed by atoms with Gasteiger partial charge in [0.1, 0.15) is 29.0 Å². The third-order valence-corrected chi connectivity index (χ3v) is 6.76. The van der Waals surface area contributed by atoms with Gasteiger partial charge in [-0.1, -0.05) is 0 Å². The maximum atomic E-state index is 15.1. The van der Waals surface area contributed by atoms with Crippen molar-refractivity contribution >= 4 is 27.5 Å². The lowest BCUT2D eigenvalue weighted by molar-refractivity contribution is -0.199. The third kappa shape index (κ3) is 6.53. The lowest BCUT2D eigenvalue weighted by Gasteiger charge is -2.39. The number of ether oxygens (including phenoxy) is 1. The number of alkyl halides is 6. The van der Waals surface area contributed by atoms with E-state index in [1.54, 1.807) is 11.4 Å². The van der Waals surface area contributed by atoms with Crippen molar-refractivity contribution in [1.29, 1.82) is 5.26 Å². The van der Waals surface area contributed by atoms with Crippen molar-refractivity contribution in [3.63, 3.8) is 0 Å². The van der Waals surface area contributed by atoms with E-state index in [1.807, 2.05) is 0 Å². The molecule has 2 N–H and O–H groups in total. The Balaban J connectivity index is 1.85. The van der Waals surface area contributed by atoms with E-state index in [1.165, 1.54) is 12.1 Å². The molecule has 4 rings (SSSR count). The molecule has 2 aromatic heterocycles. The first-order valence-corrected chi connectivity index (χ1v) is 13.7. The van der Waals surface area contributed by atoms with Crippen LogP contribution in [-0.4, -0.2) is 66.0 Å². The van der Waals surface area contributed by atoms with E-state index in [4.69, 9.17) is 5.26 Å². The van der Waals surface area contributed by atoms with Crippen LogP contribution in [0.3, 0.4) is 0 Å². The summed E-state index contributed by atoms with van der Waals surface area (Å²) in [6.45, 7) is -1.84. The number of halogens is 7. The Morgan fingerprint density at radius 1 is 1.21 bits per heavy atom. The van der Waals surface area contributed by atoms with Crippen molar-refractivity contribution < 1.29 is 53.5 Å². The molecule has 19 heteroatoms. The summed E-state index contributed by atoms with van der Waals surface area (Å²) in [4.78, 5) is 29.7. The molecule has 43 heavy (non-hydrogen) atoms. The largest absolute Gasteiger partial charge is 0.484 e. The number of nitriles is 1. The number of fused-ring (bicyclic) bond motifs is 1. The fraction of sp³-hybridized carbons (Fsp3) is 0.292. The summed E-state index contributed by atoms with van der Waals surface area (Å²) in [6.07, 6.45) is -9.70. The first kappa shape index (κ1) is 31.2. The molecular weight excluding hydrogens is 617 g/mol. The molecule has 1 aliphatic rings. The molecule has 3 aromatic rings. The fourth-order valence-electron chi connectivity index (χ4n) is 4.23. The number of rotatable bonds is 7. The Hall–Kier alpha value is -4.73. The number of aromatic nitrogens is 3. The van der Waals surface area contributed by atoms with Gasteiger partial charge in [-0.15, -0.1) is 0 Å². The van der Waals surface area contributed by atoms with Crippen molar-refractivity contribution in [2.75, 3.05) is 23.9 Å². The predicted octanol–water partition coefficient (Wildman–Crippen LogP) is 2.95. The topological polar surface area (TPSA) is 156 Å². The predicted molar refractivity (Wildman–Crippen MR) is 131 cm³/mol. The zero-order valence-corrected chi connectivity index (χ0v) is 22.3. The normalized spacial score (nSPS) is 17.0. The molecular formula is C24H17F7N6O5S. The summed E-state index contributed by atoms with van der Waals surface area (Å²) >= 11 is 0. The molecule has 0 fully saturated rings. The summed E-state index contributed by atoms with van der Waals surface area (Å²) in [6, 6.07) is 5.67. The highest BCUT2D eigenvalue weighted by Crippen LogP contribution is 2.46. The zero-order valence-electron chi connectivity index (χ0n) is 21.5. The van der Waals surface area contributed by atoms with Gasteiger partial charge in [0.25, 0.3) is 5.91 Å². The standard InChI is InChI=1S/C24H17F7N6O5S/c1-43(40,41)10-18(38)34-20-19-16(36-37(20)17-5-2-12(8-32)9-33-17)7-22(24(29,30)31,35-21(19)39)14-4-3-13(6-15(14)25)42-11-23(26,27)28/h2-6,9H,7,10-11H2,1H3,(H,34,38)(H,35,39)/t22-/m0/s1. The van der Waals surface area contributed by atoms with E-state index in [-0.39, 0.29) is 11.4 Å². The maximum Gasteiger partial charge on any atom is 0.422 e. The first-order valence-electron chi connectivity index (χ1n) is 11.7. The molecule has 0 bridgehead atoms. The summed E-state index contributed by atoms with van der Waals surface area (Å²) in [5.41, 5.74) is -5.85. The second-order valence-electron chi connectivity index (χ2n) is 9.30. The summed E-state index contributed by atoms with van der Waals surface area (Å²) in [7, 11) is -3.90. The highest BCUT2D eigenvalue weighted by Gasteiger charge is 2.61. The van der Waals surface area contributed by atoms with E-state index in [9.17, 15) is 44.3 Å². The number of carbonyl (C=O) groups excluding carboxylic acids is 2. The number of hydrogen-bond acceptors (Lipinski definition) is 8. The molecule has 0 saturated carbocycles. The number of carbonyl (C=O) groups is 2. The van der Waals surface area contributed by atoms with Crippen molar-refractivity contribution in [1.82, 2.24) is 20.1 Å². The number of hydrogen-bond donors (Lipinski definition) is 2. The molecule has 0 radical (unpaired) electrons. The van der Waals surface area contributed by atoms with Gasteiger partial charge in [0.2, 0.25) is 5.91 Å². The average molecular weight is 634 g/mol. The number of benzene rings is 1. The Morgan fingerprint density at radius 2 is 1.91 bits per heavy atom. The number of pyridine rings is 1. The molecule has 0 saturated heterocycles. The van der Waals surface area contributed by atoms with Crippen LogP contribution in [0, 0.1) is 17.1 Å². The first-order chi connectivity index (χ1) is 19.8. The second-order valence-corrected chi connectivity index (χ2v) is 11.4. The van der Waals surface area contributed by atoms with E-state index >= 15 is 4.39 Å². The van der Waals surface area contributed by atoms with Crippen LogP contribution < -0.4 is 15.4 Å². The Kier molecular flexibility index (Phi) is 7.86. The monoisotopic (exact) mass is 634 g/mol. The minimum absolute atomic E-state index is 0.0651. The van der Waals surface area contributed by atoms with Gasteiger partial charge in [0, 0.05) is 30.5 Å². The smallest absolute Gasteiger partial charge is 0.422 e. The summed E-state index contributed by atoms with van der Waals surface area (Å²) in [5.74, 6) is -6.92. The van der Waals surface area contributed by atoms with Crippen LogP contribution in [0.1, 0.15) is 27.2 Å². The summed E-state index contributed by atoms with van der Waals surface area (Å²) in [5, 5.41) is 16.8. The van der Waals surface area contributed by atoms with Crippen molar-refractivity contribution in [3.8, 4) is 17.6 Å². The number of nitrogens with zero attached hydrogens (tertiary/aromatic N) is 4. The molecule has 228 valence electrons. The van der Waals surface area contributed by atoms with Gasteiger partial charge in [0.05, 0.1) is 11.3 Å². The molecule has 0 spiro atoms. The minimum atomic E-state index is -5.41. The van der Waals surface area contributed by atoms with E-state index < -0.39 is 92.5 Å². The fourth-order valence-corrected chi connectivity index (χ4v) is 4.77. The summed E-state index contributed by atoms with van der Waals surface area (Å²) < 4.78 is 125. The van der Waals surface area contributed by atoms with E-state index in [0.717, 1.165) is 17.1 Å². The zero-order chi connectivity index (χ0) is 32.0. The lowest BCUT2D eigenvalue weighted by atomic mass is 9.80. The quantitative estimate of drug-likeness (QED) is 0.376. The SMILES string of the molecule is CS(=O)(=O)CC(=O)Nc1c2c(nn1-c1ccc(C#N)cn1)C[C@](c1ccc(OCC(F)(F)F)cc1F)(C(F)(F)F)NC2=O. The molecule has 11 nitrogen and oxygen atoms in total. The van der Waals surface area contributed by atoms with E-state index in [0.29, 0.717) is 18.2 Å². The van der Waals surface area contributed by atoms with Gasteiger partial charge in [-0.2, -0.15) is 41.4 Å². The van der Waals surface area contributed by atoms with Gasteiger partial charge in [-0.25, -0.2) is 17.8 Å². The van der Waals surface area contributed by atoms with Gasteiger partial charge >= 0.3 is 12.4 Å². The second kappa shape index (κ2) is 10.8. The highest BCUT2D eigenvalue weighted by molar-refractivity contribution is 7.91. The number of anilines is 1. The Morgan fingerprint density at radius 3 is 2.44 bits per heavy atom. The highest BCUT2D eigenvalue weighted by atomic mass is 32.2. The molecule has 1 aliphatic heterocycles. The van der Waals surface area contributed by atoms with Gasteiger partial charge in [-0.3, -0.25) is 9.59 Å². The molecule has 1 aromatic carbocycles. The molecule has 0 unspecified atom stereocenters. The molecule has 2 amide bonds. The third-order valence-electron chi connectivity index (χ3n) is 5.98. The minimum Gasteiger partial charge on any atom is -0.484 e. The van der Waals surface area contributed by atoms with E-state index in [2.05, 4.69) is 20.1 Å². The van der Waals surface area contributed by atoms with Crippen molar-refractivity contribution in [3.05, 3.63) is 64.7 Å². The van der Waals surface area contributed by atoms with Crippen molar-refractivity contribution in [2.45, 2.75) is 24.3 Å². The van der Waals surface area contributed by atoms with Crippen LogP contribution in [0.15, 0.2) is 36.5 Å². The van der Waals surface area contributed by atoms with Crippen LogP contribution in [0.2, 0.25) is 0 Å². The maximum absolute atomic E-state index is 15.1.